The molecular weight excluding hydrogens is 276 g/mol. The Labute approximate surface area is 131 Å². The van der Waals surface area contributed by atoms with Crippen molar-refractivity contribution < 1.29 is 9.53 Å². The third-order valence-electron chi connectivity index (χ3n) is 4.92. The number of rotatable bonds is 3. The van der Waals surface area contributed by atoms with Crippen LogP contribution in [0.5, 0.6) is 5.75 Å². The molecule has 1 saturated heterocycles. The largest absolute Gasteiger partial charge is 0.482 e. The predicted octanol–water partition coefficient (Wildman–Crippen LogP) is 3.12. The van der Waals surface area contributed by atoms with Gasteiger partial charge in [-0.1, -0.05) is 25.0 Å². The van der Waals surface area contributed by atoms with Crippen LogP contribution in [0.15, 0.2) is 24.3 Å². The van der Waals surface area contributed by atoms with E-state index < -0.39 is 0 Å². The number of carbonyl (C=O) groups is 1. The molecular formula is C18H22N2O2. The van der Waals surface area contributed by atoms with Gasteiger partial charge in [-0.25, -0.2) is 0 Å². The first-order valence-electron chi connectivity index (χ1n) is 8.21. The topological polar surface area (TPSA) is 53.3 Å². The van der Waals surface area contributed by atoms with Crippen LogP contribution in [0.2, 0.25) is 0 Å². The van der Waals surface area contributed by atoms with Gasteiger partial charge in [0.15, 0.2) is 6.61 Å². The molecule has 0 N–H and O–H groups in total. The van der Waals surface area contributed by atoms with Crippen molar-refractivity contribution in [2.75, 3.05) is 13.2 Å². The Balaban J connectivity index is 1.63. The van der Waals surface area contributed by atoms with Gasteiger partial charge < -0.3 is 9.64 Å². The van der Waals surface area contributed by atoms with Crippen LogP contribution < -0.4 is 4.74 Å². The van der Waals surface area contributed by atoms with Crippen LogP contribution in [-0.4, -0.2) is 30.0 Å². The Kier molecular flexibility index (Phi) is 4.62. The van der Waals surface area contributed by atoms with Gasteiger partial charge in [0.1, 0.15) is 11.8 Å². The van der Waals surface area contributed by atoms with E-state index in [1.54, 1.807) is 18.2 Å². The average molecular weight is 298 g/mol. The van der Waals surface area contributed by atoms with E-state index in [0.29, 0.717) is 23.3 Å². The van der Waals surface area contributed by atoms with Crippen molar-refractivity contribution in [3.05, 3.63) is 29.8 Å². The number of hydrogen-bond donors (Lipinski definition) is 0. The molecule has 2 atom stereocenters. The smallest absolute Gasteiger partial charge is 0.260 e. The number of carbonyl (C=O) groups excluding carboxylic acids is 1. The first kappa shape index (κ1) is 14.9. The maximum Gasteiger partial charge on any atom is 0.260 e. The van der Waals surface area contributed by atoms with Gasteiger partial charge in [0.25, 0.3) is 5.91 Å². The van der Waals surface area contributed by atoms with Gasteiger partial charge in [-0.15, -0.1) is 0 Å². The van der Waals surface area contributed by atoms with Crippen LogP contribution >= 0.6 is 0 Å². The number of piperidine rings is 1. The molecule has 0 bridgehead atoms. The standard InChI is InChI=1S/C18H22N2O2/c19-12-15-7-2-4-10-17(15)22-13-18(21)20-11-5-8-14-6-1-3-9-16(14)20/h2,4,7,10,14,16H,1,3,5-6,8-9,11,13H2/t14-,16-/m0/s1. The SMILES string of the molecule is N#Cc1ccccc1OCC(=O)N1CCC[C@@H]2CCCC[C@@H]21. The molecule has 0 aromatic heterocycles. The van der Waals surface area contributed by atoms with E-state index in [1.807, 2.05) is 11.0 Å². The fourth-order valence-corrected chi connectivity index (χ4v) is 3.84. The molecule has 1 amide bonds. The summed E-state index contributed by atoms with van der Waals surface area (Å²) in [6, 6.07) is 9.56. The second-order valence-corrected chi connectivity index (χ2v) is 6.24. The first-order chi connectivity index (χ1) is 10.8. The minimum Gasteiger partial charge on any atom is -0.482 e. The summed E-state index contributed by atoms with van der Waals surface area (Å²) in [4.78, 5) is 14.6. The van der Waals surface area contributed by atoms with Crippen LogP contribution in [0, 0.1) is 17.2 Å². The molecule has 0 radical (unpaired) electrons. The highest BCUT2D eigenvalue weighted by molar-refractivity contribution is 5.78. The molecule has 1 heterocycles. The lowest BCUT2D eigenvalue weighted by Crippen LogP contribution is -2.51. The van der Waals surface area contributed by atoms with Crippen molar-refractivity contribution >= 4 is 5.91 Å². The molecule has 0 unspecified atom stereocenters. The third-order valence-corrected chi connectivity index (χ3v) is 4.92. The summed E-state index contributed by atoms with van der Waals surface area (Å²) >= 11 is 0. The molecule has 1 aliphatic heterocycles. The van der Waals surface area contributed by atoms with Gasteiger partial charge in [-0.3, -0.25) is 4.79 Å². The average Bonchev–Trinajstić information content (AvgIpc) is 2.59. The highest BCUT2D eigenvalue weighted by atomic mass is 16.5. The second kappa shape index (κ2) is 6.83. The molecule has 22 heavy (non-hydrogen) atoms. The van der Waals surface area contributed by atoms with Crippen LogP contribution in [-0.2, 0) is 4.79 Å². The zero-order valence-electron chi connectivity index (χ0n) is 12.8. The van der Waals surface area contributed by atoms with E-state index in [4.69, 9.17) is 10.00 Å². The summed E-state index contributed by atoms with van der Waals surface area (Å²) in [6.07, 6.45) is 7.27. The fraction of sp³-hybridized carbons (Fsp3) is 0.556. The number of nitriles is 1. The van der Waals surface area contributed by atoms with E-state index in [2.05, 4.69) is 6.07 Å². The highest BCUT2D eigenvalue weighted by Crippen LogP contribution is 2.35. The van der Waals surface area contributed by atoms with E-state index in [9.17, 15) is 4.79 Å². The molecule has 4 nitrogen and oxygen atoms in total. The number of hydrogen-bond acceptors (Lipinski definition) is 3. The quantitative estimate of drug-likeness (QED) is 0.861. The fourth-order valence-electron chi connectivity index (χ4n) is 3.84. The lowest BCUT2D eigenvalue weighted by Gasteiger charge is -2.44. The molecule has 0 spiro atoms. The van der Waals surface area contributed by atoms with E-state index in [0.717, 1.165) is 19.4 Å². The van der Waals surface area contributed by atoms with E-state index in [-0.39, 0.29) is 12.5 Å². The molecule has 2 aliphatic rings. The van der Waals surface area contributed by atoms with E-state index >= 15 is 0 Å². The minimum absolute atomic E-state index is 0.0297. The Bertz CT molecular complexity index is 577. The van der Waals surface area contributed by atoms with Crippen molar-refractivity contribution in [3.8, 4) is 11.8 Å². The highest BCUT2D eigenvalue weighted by Gasteiger charge is 2.35. The molecule has 1 aromatic carbocycles. The van der Waals surface area contributed by atoms with Crippen molar-refractivity contribution in [1.29, 1.82) is 5.26 Å². The summed E-state index contributed by atoms with van der Waals surface area (Å²) in [6.45, 7) is 0.880. The Hall–Kier alpha value is -2.02. The monoisotopic (exact) mass is 298 g/mol. The molecule has 1 saturated carbocycles. The van der Waals surface area contributed by atoms with Crippen molar-refractivity contribution in [3.63, 3.8) is 0 Å². The van der Waals surface area contributed by atoms with Crippen molar-refractivity contribution in [2.24, 2.45) is 5.92 Å². The summed E-state index contributed by atoms with van der Waals surface area (Å²) in [5.41, 5.74) is 0.476. The van der Waals surface area contributed by atoms with Gasteiger partial charge in [0.2, 0.25) is 0 Å². The zero-order valence-corrected chi connectivity index (χ0v) is 12.8. The lowest BCUT2D eigenvalue weighted by molar-refractivity contribution is -0.139. The number of ether oxygens (including phenoxy) is 1. The van der Waals surface area contributed by atoms with Crippen molar-refractivity contribution in [2.45, 2.75) is 44.6 Å². The predicted molar refractivity (Wildman–Crippen MR) is 83.3 cm³/mol. The molecule has 1 aliphatic carbocycles. The molecule has 3 rings (SSSR count). The molecule has 4 heteroatoms. The summed E-state index contributed by atoms with van der Waals surface area (Å²) < 4.78 is 5.61. The van der Waals surface area contributed by atoms with Gasteiger partial charge in [0, 0.05) is 12.6 Å². The Morgan fingerprint density at radius 3 is 2.86 bits per heavy atom. The number of amides is 1. The van der Waals surface area contributed by atoms with Gasteiger partial charge in [-0.2, -0.15) is 5.26 Å². The maximum atomic E-state index is 12.5. The Morgan fingerprint density at radius 1 is 1.23 bits per heavy atom. The molecule has 1 aromatic rings. The van der Waals surface area contributed by atoms with Crippen LogP contribution in [0.4, 0.5) is 0 Å². The molecule has 2 fully saturated rings. The zero-order chi connectivity index (χ0) is 15.4. The number of fused-ring (bicyclic) bond motifs is 1. The summed E-state index contributed by atoms with van der Waals surface area (Å²) in [7, 11) is 0. The van der Waals surface area contributed by atoms with E-state index in [1.165, 1.54) is 25.7 Å². The van der Waals surface area contributed by atoms with Gasteiger partial charge in [0.05, 0.1) is 5.56 Å². The van der Waals surface area contributed by atoms with Crippen LogP contribution in [0.25, 0.3) is 0 Å². The molecule has 116 valence electrons. The second-order valence-electron chi connectivity index (χ2n) is 6.24. The Morgan fingerprint density at radius 2 is 2.00 bits per heavy atom. The summed E-state index contributed by atoms with van der Waals surface area (Å²) in [5.74, 6) is 1.23. The maximum absolute atomic E-state index is 12.5. The normalized spacial score (nSPS) is 24.2. The number of para-hydroxylation sites is 1. The third kappa shape index (κ3) is 3.09. The van der Waals surface area contributed by atoms with Crippen LogP contribution in [0.1, 0.15) is 44.1 Å². The van der Waals surface area contributed by atoms with Crippen LogP contribution in [0.3, 0.4) is 0 Å². The number of benzene rings is 1. The number of nitrogens with zero attached hydrogens (tertiary/aromatic N) is 2. The lowest BCUT2D eigenvalue weighted by atomic mass is 9.78. The minimum atomic E-state index is 0.0297. The van der Waals surface area contributed by atoms with Crippen molar-refractivity contribution in [1.82, 2.24) is 4.90 Å². The van der Waals surface area contributed by atoms with Gasteiger partial charge >= 0.3 is 0 Å². The van der Waals surface area contributed by atoms with Gasteiger partial charge in [-0.05, 0) is 43.7 Å². The number of likely N-dealkylation sites (tertiary alicyclic amines) is 1. The summed E-state index contributed by atoms with van der Waals surface area (Å²) in [5, 5.41) is 9.06. The first-order valence-corrected chi connectivity index (χ1v) is 8.21.